The van der Waals surface area contributed by atoms with Crippen LogP contribution in [0.15, 0.2) is 53.5 Å². The zero-order valence-electron chi connectivity index (χ0n) is 29.1. The maximum atomic E-state index is 14.0. The highest BCUT2D eigenvalue weighted by atomic mass is 16.2. The van der Waals surface area contributed by atoms with Crippen LogP contribution < -0.4 is 20.4 Å². The number of urea groups is 1. The first-order chi connectivity index (χ1) is 22.7. The molecule has 4 aliphatic rings. The standard InChI is InChI=1S/C39H56N6O2/c1-5-23-45-34-12-8-7-11-33(34)35(28-13-15-29(16-14-28)39(2,3)4)41-36(37(45)46)42-38(47)40-30-17-19-31(20-18-30)44-26-21-32(22-27-44)43-24-9-6-10-25-43/h7-8,11-12,17-20,28-29,32,36H,5-6,9-10,13-16,21-27H2,1-4H3,(H2,40,42,47). The molecular formula is C39H56N6O2. The lowest BCUT2D eigenvalue weighted by molar-refractivity contribution is -0.120. The largest absolute Gasteiger partial charge is 0.371 e. The summed E-state index contributed by atoms with van der Waals surface area (Å²) in [6.45, 7) is 14.3. The van der Waals surface area contributed by atoms with Gasteiger partial charge < -0.3 is 25.3 Å². The van der Waals surface area contributed by atoms with E-state index in [-0.39, 0.29) is 17.2 Å². The highest BCUT2D eigenvalue weighted by Crippen LogP contribution is 2.42. The van der Waals surface area contributed by atoms with E-state index in [4.69, 9.17) is 4.99 Å². The van der Waals surface area contributed by atoms with Crippen molar-refractivity contribution >= 4 is 34.7 Å². The molecule has 47 heavy (non-hydrogen) atoms. The monoisotopic (exact) mass is 640 g/mol. The van der Waals surface area contributed by atoms with Crippen LogP contribution in [0.25, 0.3) is 0 Å². The topological polar surface area (TPSA) is 80.3 Å². The molecule has 1 aliphatic carbocycles. The highest BCUT2D eigenvalue weighted by Gasteiger charge is 2.37. The molecule has 3 amide bonds. The lowest BCUT2D eigenvalue weighted by atomic mass is 9.68. The Kier molecular flexibility index (Phi) is 10.5. The lowest BCUT2D eigenvalue weighted by Gasteiger charge is -2.41. The number of para-hydroxylation sites is 1. The number of hydrogen-bond acceptors (Lipinski definition) is 5. The van der Waals surface area contributed by atoms with Crippen molar-refractivity contribution in [3.8, 4) is 0 Å². The molecule has 1 unspecified atom stereocenters. The van der Waals surface area contributed by atoms with Crippen molar-refractivity contribution in [3.63, 3.8) is 0 Å². The van der Waals surface area contributed by atoms with Crippen molar-refractivity contribution in [2.24, 2.45) is 22.2 Å². The van der Waals surface area contributed by atoms with Crippen LogP contribution in [0.1, 0.15) is 97.5 Å². The number of hydrogen-bond donors (Lipinski definition) is 2. The Morgan fingerprint density at radius 1 is 0.872 bits per heavy atom. The minimum absolute atomic E-state index is 0.184. The molecule has 0 aromatic heterocycles. The van der Waals surface area contributed by atoms with Gasteiger partial charge in [-0.3, -0.25) is 9.79 Å². The summed E-state index contributed by atoms with van der Waals surface area (Å²) >= 11 is 0. The second-order valence-corrected chi connectivity index (χ2v) is 15.3. The first-order valence-corrected chi connectivity index (χ1v) is 18.4. The van der Waals surface area contributed by atoms with Gasteiger partial charge in [0.05, 0.1) is 11.4 Å². The van der Waals surface area contributed by atoms with Gasteiger partial charge in [-0.25, -0.2) is 4.79 Å². The molecule has 3 aliphatic heterocycles. The van der Waals surface area contributed by atoms with Gasteiger partial charge >= 0.3 is 6.03 Å². The fourth-order valence-electron chi connectivity index (χ4n) is 8.38. The van der Waals surface area contributed by atoms with Gasteiger partial charge in [-0.15, -0.1) is 0 Å². The van der Waals surface area contributed by atoms with Crippen LogP contribution in [0.3, 0.4) is 0 Å². The third-order valence-electron chi connectivity index (χ3n) is 11.2. The number of nitrogens with one attached hydrogen (secondary N) is 2. The SMILES string of the molecule is CCCN1C(=O)C(NC(=O)Nc2ccc(N3CCC(N4CCCCC4)CC3)cc2)N=C(C2CCC(C(C)(C)C)CC2)c2ccccc21. The Bertz CT molecular complexity index is 1390. The van der Waals surface area contributed by atoms with Crippen molar-refractivity contribution in [2.75, 3.05) is 47.8 Å². The maximum Gasteiger partial charge on any atom is 0.321 e. The van der Waals surface area contributed by atoms with Crippen LogP contribution in [-0.4, -0.2) is 67.5 Å². The average Bonchev–Trinajstić information content (AvgIpc) is 3.20. The number of anilines is 3. The van der Waals surface area contributed by atoms with Crippen LogP contribution >= 0.6 is 0 Å². The van der Waals surface area contributed by atoms with Crippen molar-refractivity contribution in [1.82, 2.24) is 10.2 Å². The van der Waals surface area contributed by atoms with E-state index < -0.39 is 12.2 Å². The maximum absolute atomic E-state index is 14.0. The van der Waals surface area contributed by atoms with E-state index in [0.29, 0.717) is 24.2 Å². The van der Waals surface area contributed by atoms with Crippen LogP contribution in [0, 0.1) is 17.3 Å². The molecule has 2 N–H and O–H groups in total. The average molecular weight is 641 g/mol. The normalized spacial score (nSPS) is 24.7. The predicted molar refractivity (Wildman–Crippen MR) is 194 cm³/mol. The van der Waals surface area contributed by atoms with E-state index >= 15 is 0 Å². The summed E-state index contributed by atoms with van der Waals surface area (Å²) in [6, 6.07) is 16.6. The fraction of sp³-hybridized carbons (Fsp3) is 0.615. The van der Waals surface area contributed by atoms with Crippen LogP contribution in [0.4, 0.5) is 21.9 Å². The van der Waals surface area contributed by atoms with Gasteiger partial charge in [-0.1, -0.05) is 52.3 Å². The van der Waals surface area contributed by atoms with E-state index in [9.17, 15) is 9.59 Å². The van der Waals surface area contributed by atoms with Crippen molar-refractivity contribution in [3.05, 3.63) is 54.1 Å². The summed E-state index contributed by atoms with van der Waals surface area (Å²) < 4.78 is 0. The molecule has 3 fully saturated rings. The Labute approximate surface area is 282 Å². The highest BCUT2D eigenvalue weighted by molar-refractivity contribution is 6.14. The molecule has 6 rings (SSSR count). The second kappa shape index (κ2) is 14.8. The predicted octanol–water partition coefficient (Wildman–Crippen LogP) is 7.69. The van der Waals surface area contributed by atoms with Crippen LogP contribution in [0.2, 0.25) is 0 Å². The lowest BCUT2D eigenvalue weighted by Crippen LogP contribution is -2.49. The number of carbonyl (C=O) groups is 2. The van der Waals surface area contributed by atoms with Crippen LogP contribution in [-0.2, 0) is 4.79 Å². The molecule has 0 radical (unpaired) electrons. The van der Waals surface area contributed by atoms with Gasteiger partial charge in [-0.05, 0) is 113 Å². The molecule has 0 bridgehead atoms. The van der Waals surface area contributed by atoms with Crippen molar-refractivity contribution < 1.29 is 9.59 Å². The van der Waals surface area contributed by atoms with Gasteiger partial charge in [0.15, 0.2) is 0 Å². The number of amides is 3. The number of likely N-dealkylation sites (tertiary alicyclic amines) is 1. The molecular weight excluding hydrogens is 584 g/mol. The van der Waals surface area contributed by atoms with Gasteiger partial charge in [0.2, 0.25) is 6.17 Å². The molecule has 8 heteroatoms. The Balaban J connectivity index is 1.13. The number of piperidine rings is 2. The third kappa shape index (κ3) is 7.85. The molecule has 0 spiro atoms. The summed E-state index contributed by atoms with van der Waals surface area (Å²) in [5.41, 5.74) is 5.06. The number of nitrogens with zero attached hydrogens (tertiary/aromatic N) is 4. The summed E-state index contributed by atoms with van der Waals surface area (Å²) in [6.07, 6.45) is 10.7. The first-order valence-electron chi connectivity index (χ1n) is 18.4. The van der Waals surface area contributed by atoms with Crippen LogP contribution in [0.5, 0.6) is 0 Å². The quantitative estimate of drug-likeness (QED) is 0.325. The second-order valence-electron chi connectivity index (χ2n) is 15.3. The van der Waals surface area contributed by atoms with Crippen molar-refractivity contribution in [1.29, 1.82) is 0 Å². The van der Waals surface area contributed by atoms with E-state index in [1.165, 1.54) is 50.9 Å². The molecule has 3 heterocycles. The number of benzene rings is 2. The number of benzodiazepines with no additional fused rings is 1. The number of aliphatic imine (C=N–C) groups is 1. The third-order valence-corrected chi connectivity index (χ3v) is 11.2. The van der Waals surface area contributed by atoms with Gasteiger partial charge in [0, 0.05) is 48.5 Å². The summed E-state index contributed by atoms with van der Waals surface area (Å²) in [4.78, 5) is 39.5. The minimum Gasteiger partial charge on any atom is -0.371 e. The molecule has 1 atom stereocenters. The molecule has 254 valence electrons. The van der Waals surface area contributed by atoms with Gasteiger partial charge in [0.1, 0.15) is 0 Å². The summed E-state index contributed by atoms with van der Waals surface area (Å²) in [5, 5.41) is 5.93. The summed E-state index contributed by atoms with van der Waals surface area (Å²) in [5.74, 6) is 0.751. The van der Waals surface area contributed by atoms with E-state index in [0.717, 1.165) is 62.2 Å². The minimum atomic E-state index is -0.982. The zero-order chi connectivity index (χ0) is 33.0. The summed E-state index contributed by atoms with van der Waals surface area (Å²) in [7, 11) is 0. The van der Waals surface area contributed by atoms with E-state index in [2.05, 4.69) is 66.3 Å². The smallest absolute Gasteiger partial charge is 0.321 e. The van der Waals surface area contributed by atoms with E-state index in [1.807, 2.05) is 35.2 Å². The van der Waals surface area contributed by atoms with Crippen molar-refractivity contribution in [2.45, 2.75) is 104 Å². The Hall–Kier alpha value is -3.39. The number of fused-ring (bicyclic) bond motifs is 1. The Morgan fingerprint density at radius 2 is 1.55 bits per heavy atom. The van der Waals surface area contributed by atoms with E-state index in [1.54, 1.807) is 0 Å². The van der Waals surface area contributed by atoms with Gasteiger partial charge in [-0.2, -0.15) is 0 Å². The molecule has 1 saturated carbocycles. The molecule has 2 aromatic rings. The zero-order valence-corrected chi connectivity index (χ0v) is 29.1. The fourth-order valence-corrected chi connectivity index (χ4v) is 8.38. The number of rotatable bonds is 7. The molecule has 2 aromatic carbocycles. The molecule has 2 saturated heterocycles. The molecule has 8 nitrogen and oxygen atoms in total. The Morgan fingerprint density at radius 3 is 2.21 bits per heavy atom. The number of carbonyl (C=O) groups excluding carboxylic acids is 2. The van der Waals surface area contributed by atoms with Gasteiger partial charge in [0.25, 0.3) is 5.91 Å². The first kappa shape index (κ1) is 33.5.